The Morgan fingerprint density at radius 3 is 2.60 bits per heavy atom. The van der Waals surface area contributed by atoms with Crippen LogP contribution in [0.3, 0.4) is 0 Å². The van der Waals surface area contributed by atoms with Gasteiger partial charge >= 0.3 is 5.97 Å². The van der Waals surface area contributed by atoms with Crippen molar-refractivity contribution in [1.82, 2.24) is 4.90 Å². The van der Waals surface area contributed by atoms with E-state index in [-0.39, 0.29) is 12.0 Å². The summed E-state index contributed by atoms with van der Waals surface area (Å²) < 4.78 is 11.1. The van der Waals surface area contributed by atoms with Crippen LogP contribution in [0.15, 0.2) is 0 Å². The summed E-state index contributed by atoms with van der Waals surface area (Å²) in [6.07, 6.45) is 2.49. The molecule has 1 amide bonds. The normalized spacial score (nSPS) is 21.3. The van der Waals surface area contributed by atoms with E-state index >= 15 is 0 Å². The zero-order valence-electron chi connectivity index (χ0n) is 12.7. The Balaban J connectivity index is 2.47. The van der Waals surface area contributed by atoms with Crippen molar-refractivity contribution in [2.75, 3.05) is 20.3 Å². The van der Waals surface area contributed by atoms with E-state index in [0.717, 1.165) is 25.9 Å². The maximum atomic E-state index is 12.2. The molecule has 1 saturated heterocycles. The van der Waals surface area contributed by atoms with Gasteiger partial charge in [-0.2, -0.15) is 0 Å². The van der Waals surface area contributed by atoms with Gasteiger partial charge in [0.05, 0.1) is 12.7 Å². The van der Waals surface area contributed by atoms with Gasteiger partial charge in [0.25, 0.3) is 5.91 Å². The number of carbonyl (C=O) groups is 2. The number of hydrogen-bond donors (Lipinski definition) is 1. The maximum absolute atomic E-state index is 12.2. The summed E-state index contributed by atoms with van der Waals surface area (Å²) in [6, 6.07) is 0. The van der Waals surface area contributed by atoms with Gasteiger partial charge in [-0.15, -0.1) is 0 Å². The first-order chi connectivity index (χ1) is 9.26. The van der Waals surface area contributed by atoms with E-state index in [1.807, 2.05) is 0 Å². The van der Waals surface area contributed by atoms with Crippen molar-refractivity contribution in [3.63, 3.8) is 0 Å². The number of nitrogens with zero attached hydrogens (tertiary/aromatic N) is 1. The molecule has 1 N–H and O–H groups in total. The lowest BCUT2D eigenvalue weighted by Crippen LogP contribution is -2.53. The molecule has 0 aromatic carbocycles. The Bertz CT molecular complexity index is 349. The van der Waals surface area contributed by atoms with Crippen LogP contribution in [-0.4, -0.2) is 59.9 Å². The Hall–Kier alpha value is -1.14. The number of aliphatic carboxylic acids is 1. The molecule has 0 aliphatic carbocycles. The quantitative estimate of drug-likeness (QED) is 0.796. The first-order valence-electron chi connectivity index (χ1n) is 7.01. The molecular weight excluding hydrogens is 262 g/mol. The van der Waals surface area contributed by atoms with Gasteiger partial charge in [0.2, 0.25) is 0 Å². The minimum Gasteiger partial charge on any atom is -0.480 e. The molecule has 1 rings (SSSR count). The molecule has 0 aromatic heterocycles. The van der Waals surface area contributed by atoms with E-state index in [9.17, 15) is 9.59 Å². The molecular formula is C14H25NO5. The number of amides is 1. The van der Waals surface area contributed by atoms with Crippen LogP contribution in [0.1, 0.15) is 40.0 Å². The lowest BCUT2D eigenvalue weighted by atomic mass is 10.0. The van der Waals surface area contributed by atoms with Gasteiger partial charge in [0.1, 0.15) is 11.6 Å². The molecule has 1 aliphatic heterocycles. The van der Waals surface area contributed by atoms with Gasteiger partial charge in [-0.3, -0.25) is 4.79 Å². The Morgan fingerprint density at radius 1 is 1.45 bits per heavy atom. The highest BCUT2D eigenvalue weighted by Crippen LogP contribution is 2.16. The van der Waals surface area contributed by atoms with Crippen molar-refractivity contribution in [1.29, 1.82) is 0 Å². The molecule has 1 aliphatic rings. The second-order valence-electron chi connectivity index (χ2n) is 5.73. The lowest BCUT2D eigenvalue weighted by molar-refractivity contribution is -0.161. The zero-order chi connectivity index (χ0) is 15.3. The van der Waals surface area contributed by atoms with Crippen LogP contribution in [0, 0.1) is 0 Å². The van der Waals surface area contributed by atoms with Crippen LogP contribution in [0.2, 0.25) is 0 Å². The van der Waals surface area contributed by atoms with Gasteiger partial charge in [0, 0.05) is 13.7 Å². The van der Waals surface area contributed by atoms with E-state index in [2.05, 4.69) is 0 Å². The lowest BCUT2D eigenvalue weighted by Gasteiger charge is -2.33. The highest BCUT2D eigenvalue weighted by atomic mass is 16.5. The van der Waals surface area contributed by atoms with Gasteiger partial charge in [-0.25, -0.2) is 4.79 Å². The maximum Gasteiger partial charge on any atom is 0.329 e. The third-order valence-electron chi connectivity index (χ3n) is 3.85. The van der Waals surface area contributed by atoms with E-state index < -0.39 is 17.6 Å². The second-order valence-corrected chi connectivity index (χ2v) is 5.73. The van der Waals surface area contributed by atoms with Gasteiger partial charge in [-0.05, 0) is 40.0 Å². The molecule has 116 valence electrons. The summed E-state index contributed by atoms with van der Waals surface area (Å²) in [4.78, 5) is 24.5. The SMILES string of the molecule is CC(OCC1CCCCO1)C(=O)N(C)C(C)(C)C(=O)O. The van der Waals surface area contributed by atoms with Crippen LogP contribution in [0.25, 0.3) is 0 Å². The first kappa shape index (κ1) is 16.9. The monoisotopic (exact) mass is 287 g/mol. The van der Waals surface area contributed by atoms with Crippen molar-refractivity contribution in [3.05, 3.63) is 0 Å². The van der Waals surface area contributed by atoms with Crippen LogP contribution in [0.5, 0.6) is 0 Å². The molecule has 0 bridgehead atoms. The summed E-state index contributed by atoms with van der Waals surface area (Å²) in [5.74, 6) is -1.38. The fourth-order valence-corrected chi connectivity index (χ4v) is 1.95. The number of hydrogen-bond acceptors (Lipinski definition) is 4. The van der Waals surface area contributed by atoms with Crippen molar-refractivity contribution < 1.29 is 24.2 Å². The molecule has 1 fully saturated rings. The standard InChI is InChI=1S/C14H25NO5/c1-10(20-9-11-7-5-6-8-19-11)12(16)15(4)14(2,3)13(17)18/h10-11H,5-9H2,1-4H3,(H,17,18). The van der Waals surface area contributed by atoms with Crippen molar-refractivity contribution in [2.45, 2.75) is 57.8 Å². The Kier molecular flexibility index (Phi) is 5.95. The summed E-state index contributed by atoms with van der Waals surface area (Å²) in [5, 5.41) is 9.12. The number of carbonyl (C=O) groups excluding carboxylic acids is 1. The zero-order valence-corrected chi connectivity index (χ0v) is 12.7. The Labute approximate surface area is 120 Å². The highest BCUT2D eigenvalue weighted by molar-refractivity contribution is 5.88. The molecule has 6 heteroatoms. The summed E-state index contributed by atoms with van der Waals surface area (Å²) in [6.45, 7) is 5.73. The van der Waals surface area contributed by atoms with Gasteiger partial charge in [-0.1, -0.05) is 0 Å². The second kappa shape index (κ2) is 7.04. The fraction of sp³-hybridized carbons (Fsp3) is 0.857. The predicted octanol–water partition coefficient (Wildman–Crippen LogP) is 1.28. The first-order valence-corrected chi connectivity index (χ1v) is 7.01. The predicted molar refractivity (Wildman–Crippen MR) is 73.5 cm³/mol. The molecule has 20 heavy (non-hydrogen) atoms. The number of carboxylic acid groups (broad SMARTS) is 1. The molecule has 0 aromatic rings. The van der Waals surface area contributed by atoms with Crippen molar-refractivity contribution >= 4 is 11.9 Å². The summed E-state index contributed by atoms with van der Waals surface area (Å²) >= 11 is 0. The van der Waals surface area contributed by atoms with E-state index in [1.165, 1.54) is 25.8 Å². The Morgan fingerprint density at radius 2 is 2.10 bits per heavy atom. The average Bonchev–Trinajstić information content (AvgIpc) is 2.43. The van der Waals surface area contributed by atoms with Crippen LogP contribution >= 0.6 is 0 Å². The molecule has 0 spiro atoms. The molecule has 0 radical (unpaired) electrons. The molecule has 2 atom stereocenters. The third-order valence-corrected chi connectivity index (χ3v) is 3.85. The van der Waals surface area contributed by atoms with E-state index in [1.54, 1.807) is 6.92 Å². The van der Waals surface area contributed by atoms with E-state index in [0.29, 0.717) is 6.61 Å². The third kappa shape index (κ3) is 4.18. The van der Waals surface area contributed by atoms with Crippen LogP contribution < -0.4 is 0 Å². The van der Waals surface area contributed by atoms with E-state index in [4.69, 9.17) is 14.6 Å². The summed E-state index contributed by atoms with van der Waals surface area (Å²) in [5.41, 5.74) is -1.25. The number of ether oxygens (including phenoxy) is 2. The number of rotatable bonds is 6. The number of carboxylic acids is 1. The van der Waals surface area contributed by atoms with Crippen LogP contribution in [0.4, 0.5) is 0 Å². The minimum atomic E-state index is -1.25. The molecule has 0 saturated carbocycles. The average molecular weight is 287 g/mol. The fourth-order valence-electron chi connectivity index (χ4n) is 1.95. The van der Waals surface area contributed by atoms with Gasteiger partial charge < -0.3 is 19.5 Å². The van der Waals surface area contributed by atoms with Crippen molar-refractivity contribution in [2.24, 2.45) is 0 Å². The molecule has 6 nitrogen and oxygen atoms in total. The smallest absolute Gasteiger partial charge is 0.329 e. The van der Waals surface area contributed by atoms with Gasteiger partial charge in [0.15, 0.2) is 0 Å². The summed E-state index contributed by atoms with van der Waals surface area (Å²) in [7, 11) is 1.48. The molecule has 2 unspecified atom stereocenters. The topological polar surface area (TPSA) is 76.1 Å². The molecule has 1 heterocycles. The largest absolute Gasteiger partial charge is 0.480 e. The van der Waals surface area contributed by atoms with Crippen LogP contribution in [-0.2, 0) is 19.1 Å². The number of likely N-dealkylation sites (N-methyl/N-ethyl adjacent to an activating group) is 1. The minimum absolute atomic E-state index is 0.0387. The van der Waals surface area contributed by atoms with Crippen molar-refractivity contribution in [3.8, 4) is 0 Å². The highest BCUT2D eigenvalue weighted by Gasteiger charge is 2.37.